The third-order valence-corrected chi connectivity index (χ3v) is 3.06. The van der Waals surface area contributed by atoms with E-state index in [1.54, 1.807) is 0 Å². The molecule has 1 aromatic heterocycles. The van der Waals surface area contributed by atoms with Crippen molar-refractivity contribution in [3.8, 4) is 0 Å². The topological polar surface area (TPSA) is 42.1 Å². The average Bonchev–Trinajstić information content (AvgIpc) is 2.38. The molecule has 1 heterocycles. The second kappa shape index (κ2) is 5.19. The van der Waals surface area contributed by atoms with Crippen molar-refractivity contribution in [3.63, 3.8) is 0 Å². The normalized spacial score (nSPS) is 12.2. The van der Waals surface area contributed by atoms with Crippen LogP contribution in [0.5, 0.6) is 0 Å². The summed E-state index contributed by atoms with van der Waals surface area (Å²) in [7, 11) is 2.02. The summed E-state index contributed by atoms with van der Waals surface area (Å²) in [6.07, 6.45) is 1.85. The van der Waals surface area contributed by atoms with Crippen LogP contribution in [0.1, 0.15) is 24.1 Å². The Labute approximate surface area is 108 Å². The van der Waals surface area contributed by atoms with E-state index in [1.165, 1.54) is 0 Å². The van der Waals surface area contributed by atoms with E-state index in [4.69, 9.17) is 5.73 Å². The van der Waals surface area contributed by atoms with E-state index in [2.05, 4.69) is 35.0 Å². The van der Waals surface area contributed by atoms with Gasteiger partial charge in [0.2, 0.25) is 0 Å². The van der Waals surface area contributed by atoms with Gasteiger partial charge < -0.3 is 10.6 Å². The van der Waals surface area contributed by atoms with Crippen LogP contribution in [0.3, 0.4) is 0 Å². The molecule has 1 aromatic carbocycles. The monoisotopic (exact) mass is 241 g/mol. The molecule has 0 saturated carbocycles. The Morgan fingerprint density at radius 1 is 1.22 bits per heavy atom. The summed E-state index contributed by atoms with van der Waals surface area (Å²) >= 11 is 0. The van der Waals surface area contributed by atoms with Crippen molar-refractivity contribution < 1.29 is 0 Å². The van der Waals surface area contributed by atoms with Gasteiger partial charge in [-0.25, -0.2) is 4.98 Å². The zero-order valence-corrected chi connectivity index (χ0v) is 11.1. The van der Waals surface area contributed by atoms with Crippen LogP contribution in [0.2, 0.25) is 0 Å². The van der Waals surface area contributed by atoms with Gasteiger partial charge in [0.1, 0.15) is 5.82 Å². The molecule has 2 N–H and O–H groups in total. The van der Waals surface area contributed by atoms with Crippen molar-refractivity contribution in [3.05, 3.63) is 53.7 Å². The number of para-hydroxylation sites is 1. The Morgan fingerprint density at radius 3 is 2.44 bits per heavy atom. The van der Waals surface area contributed by atoms with Crippen molar-refractivity contribution in [2.24, 2.45) is 5.73 Å². The van der Waals surface area contributed by atoms with Gasteiger partial charge in [0.15, 0.2) is 0 Å². The molecule has 0 amide bonds. The van der Waals surface area contributed by atoms with Crippen molar-refractivity contribution >= 4 is 11.5 Å². The minimum Gasteiger partial charge on any atom is -0.329 e. The molecule has 3 heteroatoms. The minimum atomic E-state index is 0.0206. The summed E-state index contributed by atoms with van der Waals surface area (Å²) in [5, 5.41) is 0. The van der Waals surface area contributed by atoms with Gasteiger partial charge in [0, 0.05) is 25.0 Å². The van der Waals surface area contributed by atoms with Crippen LogP contribution >= 0.6 is 0 Å². The molecule has 0 aliphatic heterocycles. The molecular weight excluding hydrogens is 222 g/mol. The maximum Gasteiger partial charge on any atom is 0.135 e. The van der Waals surface area contributed by atoms with E-state index in [9.17, 15) is 0 Å². The molecule has 2 aromatic rings. The Morgan fingerprint density at radius 2 is 1.89 bits per heavy atom. The average molecular weight is 241 g/mol. The predicted molar refractivity (Wildman–Crippen MR) is 76.1 cm³/mol. The van der Waals surface area contributed by atoms with E-state index >= 15 is 0 Å². The zero-order chi connectivity index (χ0) is 13.1. The van der Waals surface area contributed by atoms with Crippen LogP contribution in [0.15, 0.2) is 42.6 Å². The highest BCUT2D eigenvalue weighted by Gasteiger charge is 2.10. The molecule has 0 aliphatic carbocycles. The molecule has 0 bridgehead atoms. The van der Waals surface area contributed by atoms with Gasteiger partial charge in [-0.2, -0.15) is 0 Å². The number of aryl methyl sites for hydroxylation is 1. The Bertz CT molecular complexity index is 521. The van der Waals surface area contributed by atoms with Gasteiger partial charge in [-0.15, -0.1) is 0 Å². The first-order chi connectivity index (χ1) is 8.59. The lowest BCUT2D eigenvalue weighted by Crippen LogP contribution is -2.14. The van der Waals surface area contributed by atoms with Gasteiger partial charge in [-0.1, -0.05) is 18.2 Å². The third kappa shape index (κ3) is 2.51. The summed E-state index contributed by atoms with van der Waals surface area (Å²) in [6.45, 7) is 4.03. The number of rotatable bonds is 3. The lowest BCUT2D eigenvalue weighted by molar-refractivity contribution is 0.809. The maximum absolute atomic E-state index is 5.87. The van der Waals surface area contributed by atoms with Crippen molar-refractivity contribution in [2.45, 2.75) is 19.9 Å². The molecular formula is C15H19N3. The maximum atomic E-state index is 5.87. The number of nitrogens with two attached hydrogens (primary N) is 1. The summed E-state index contributed by atoms with van der Waals surface area (Å²) in [5.41, 5.74) is 9.20. The van der Waals surface area contributed by atoms with Crippen LogP contribution < -0.4 is 10.6 Å². The Kier molecular flexibility index (Phi) is 3.63. The first-order valence-corrected chi connectivity index (χ1v) is 6.10. The molecule has 0 saturated heterocycles. The van der Waals surface area contributed by atoms with Gasteiger partial charge >= 0.3 is 0 Å². The number of hydrogen-bond acceptors (Lipinski definition) is 3. The molecule has 1 unspecified atom stereocenters. The molecule has 18 heavy (non-hydrogen) atoms. The number of nitrogens with zero attached hydrogens (tertiary/aromatic N) is 2. The molecule has 0 aliphatic rings. The van der Waals surface area contributed by atoms with Gasteiger partial charge in [-0.3, -0.25) is 0 Å². The van der Waals surface area contributed by atoms with Gasteiger partial charge in [0.25, 0.3) is 0 Å². The van der Waals surface area contributed by atoms with Crippen molar-refractivity contribution in [1.29, 1.82) is 0 Å². The summed E-state index contributed by atoms with van der Waals surface area (Å²) in [5.74, 6) is 0.964. The minimum absolute atomic E-state index is 0.0206. The molecule has 2 rings (SSSR count). The molecule has 94 valence electrons. The lowest BCUT2D eigenvalue weighted by Gasteiger charge is -2.21. The third-order valence-electron chi connectivity index (χ3n) is 3.06. The summed E-state index contributed by atoms with van der Waals surface area (Å²) in [4.78, 5) is 6.61. The zero-order valence-electron chi connectivity index (χ0n) is 11.1. The first-order valence-electron chi connectivity index (χ1n) is 6.10. The highest BCUT2D eigenvalue weighted by atomic mass is 15.2. The fourth-order valence-corrected chi connectivity index (χ4v) is 1.96. The standard InChI is InChI=1S/C15H19N3/c1-11-9-13(12(2)16)10-17-15(11)18(3)14-7-5-4-6-8-14/h4-10,12H,16H2,1-3H3. The molecule has 0 fully saturated rings. The number of pyridine rings is 1. The van der Waals surface area contributed by atoms with Crippen molar-refractivity contribution in [1.82, 2.24) is 4.98 Å². The Hall–Kier alpha value is -1.87. The van der Waals surface area contributed by atoms with Gasteiger partial charge in [0.05, 0.1) is 0 Å². The summed E-state index contributed by atoms with van der Waals surface area (Å²) < 4.78 is 0. The molecule has 1 atom stereocenters. The summed E-state index contributed by atoms with van der Waals surface area (Å²) in [6, 6.07) is 12.3. The second-order valence-electron chi connectivity index (χ2n) is 4.59. The number of hydrogen-bond donors (Lipinski definition) is 1. The van der Waals surface area contributed by atoms with Crippen LogP contribution in [-0.4, -0.2) is 12.0 Å². The van der Waals surface area contributed by atoms with E-state index in [1.807, 2.05) is 38.4 Å². The lowest BCUT2D eigenvalue weighted by atomic mass is 10.1. The Balaban J connectivity index is 2.34. The predicted octanol–water partition coefficient (Wildman–Crippen LogP) is 3.18. The molecule has 0 radical (unpaired) electrons. The number of anilines is 2. The van der Waals surface area contributed by atoms with Crippen LogP contribution in [-0.2, 0) is 0 Å². The van der Waals surface area contributed by atoms with E-state index in [0.717, 1.165) is 22.6 Å². The van der Waals surface area contributed by atoms with E-state index < -0.39 is 0 Å². The van der Waals surface area contributed by atoms with Crippen molar-refractivity contribution in [2.75, 3.05) is 11.9 Å². The van der Waals surface area contributed by atoms with Crippen LogP contribution in [0.25, 0.3) is 0 Å². The second-order valence-corrected chi connectivity index (χ2v) is 4.59. The SMILES string of the molecule is Cc1cc(C(C)N)cnc1N(C)c1ccccc1. The quantitative estimate of drug-likeness (QED) is 0.897. The largest absolute Gasteiger partial charge is 0.329 e. The van der Waals surface area contributed by atoms with E-state index in [0.29, 0.717) is 0 Å². The molecule has 3 nitrogen and oxygen atoms in total. The van der Waals surface area contributed by atoms with Gasteiger partial charge in [-0.05, 0) is 43.2 Å². The fourth-order valence-electron chi connectivity index (χ4n) is 1.96. The number of aromatic nitrogens is 1. The molecule has 0 spiro atoms. The first kappa shape index (κ1) is 12.6. The smallest absolute Gasteiger partial charge is 0.135 e. The van der Waals surface area contributed by atoms with E-state index in [-0.39, 0.29) is 6.04 Å². The fraction of sp³-hybridized carbons (Fsp3) is 0.267. The van der Waals surface area contributed by atoms with Crippen LogP contribution in [0, 0.1) is 6.92 Å². The number of benzene rings is 1. The van der Waals surface area contributed by atoms with Crippen LogP contribution in [0.4, 0.5) is 11.5 Å². The highest BCUT2D eigenvalue weighted by Crippen LogP contribution is 2.25. The highest BCUT2D eigenvalue weighted by molar-refractivity contribution is 5.61.